The third-order valence-electron chi connectivity index (χ3n) is 4.54. The number of aryl methyl sites for hydroxylation is 1. The summed E-state index contributed by atoms with van der Waals surface area (Å²) >= 11 is 0. The molecule has 0 radical (unpaired) electrons. The molecule has 114 valence electrons. The molecule has 0 aromatic heterocycles. The number of nitrogens with one attached hydrogen (secondary N) is 1. The van der Waals surface area contributed by atoms with E-state index in [4.69, 9.17) is 0 Å². The van der Waals surface area contributed by atoms with E-state index in [1.54, 1.807) is 0 Å². The Labute approximate surface area is 132 Å². The molecule has 1 aliphatic carbocycles. The summed E-state index contributed by atoms with van der Waals surface area (Å²) in [4.78, 5) is 12.0. The lowest BCUT2D eigenvalue weighted by Crippen LogP contribution is -2.24. The Kier molecular flexibility index (Phi) is 4.89. The maximum Gasteiger partial charge on any atom is 0.251 e. The molecule has 0 spiro atoms. The van der Waals surface area contributed by atoms with Crippen molar-refractivity contribution in [3.8, 4) is 0 Å². The second-order valence-corrected chi connectivity index (χ2v) is 6.05. The Morgan fingerprint density at radius 3 is 2.68 bits per heavy atom. The van der Waals surface area contributed by atoms with Crippen LogP contribution in [0.5, 0.6) is 0 Å². The Morgan fingerprint density at radius 2 is 1.82 bits per heavy atom. The summed E-state index contributed by atoms with van der Waals surface area (Å²) in [5.41, 5.74) is 3.79. The Balaban J connectivity index is 1.47. The minimum absolute atomic E-state index is 0.0321. The summed E-state index contributed by atoms with van der Waals surface area (Å²) in [6.45, 7) is 0.756. The van der Waals surface area contributed by atoms with Gasteiger partial charge in [-0.3, -0.25) is 4.79 Å². The summed E-state index contributed by atoms with van der Waals surface area (Å²) < 4.78 is 0. The smallest absolute Gasteiger partial charge is 0.251 e. The van der Waals surface area contributed by atoms with E-state index in [0.717, 1.165) is 24.9 Å². The average molecular weight is 293 g/mol. The van der Waals surface area contributed by atoms with E-state index >= 15 is 0 Å². The fourth-order valence-corrected chi connectivity index (χ4v) is 3.40. The van der Waals surface area contributed by atoms with Crippen molar-refractivity contribution < 1.29 is 4.79 Å². The molecule has 2 heteroatoms. The molecule has 1 aliphatic rings. The number of benzene rings is 2. The Hall–Kier alpha value is -2.09. The summed E-state index contributed by atoms with van der Waals surface area (Å²) in [6, 6.07) is 18.3. The van der Waals surface area contributed by atoms with Crippen molar-refractivity contribution in [3.05, 3.63) is 71.3 Å². The zero-order valence-corrected chi connectivity index (χ0v) is 12.9. The third-order valence-corrected chi connectivity index (χ3v) is 4.54. The SMILES string of the molecule is O=C(NCCC[C@H]1CCCc2ccccc21)c1ccccc1. The molecule has 1 amide bonds. The minimum Gasteiger partial charge on any atom is -0.352 e. The normalized spacial score (nSPS) is 16.8. The van der Waals surface area contributed by atoms with Crippen LogP contribution in [0.15, 0.2) is 54.6 Å². The maximum atomic E-state index is 12.0. The fraction of sp³-hybridized carbons (Fsp3) is 0.350. The first kappa shape index (κ1) is 14.8. The van der Waals surface area contributed by atoms with Crippen LogP contribution in [-0.4, -0.2) is 12.5 Å². The number of carbonyl (C=O) groups is 1. The molecule has 0 saturated heterocycles. The van der Waals surface area contributed by atoms with Crippen LogP contribution in [0.2, 0.25) is 0 Å². The Morgan fingerprint density at radius 1 is 1.05 bits per heavy atom. The van der Waals surface area contributed by atoms with Crippen molar-refractivity contribution in [3.63, 3.8) is 0 Å². The van der Waals surface area contributed by atoms with Gasteiger partial charge in [-0.1, -0.05) is 42.5 Å². The maximum absolute atomic E-state index is 12.0. The van der Waals surface area contributed by atoms with Gasteiger partial charge in [-0.05, 0) is 61.3 Å². The van der Waals surface area contributed by atoms with Crippen molar-refractivity contribution in [2.24, 2.45) is 0 Å². The first-order valence-electron chi connectivity index (χ1n) is 8.25. The zero-order chi connectivity index (χ0) is 15.2. The average Bonchev–Trinajstić information content (AvgIpc) is 2.59. The lowest BCUT2D eigenvalue weighted by molar-refractivity contribution is 0.0952. The molecule has 0 bridgehead atoms. The zero-order valence-electron chi connectivity index (χ0n) is 12.9. The lowest BCUT2D eigenvalue weighted by Gasteiger charge is -2.25. The number of hydrogen-bond acceptors (Lipinski definition) is 1. The third kappa shape index (κ3) is 3.56. The monoisotopic (exact) mass is 293 g/mol. The summed E-state index contributed by atoms with van der Waals surface area (Å²) in [5, 5.41) is 3.02. The van der Waals surface area contributed by atoms with Gasteiger partial charge in [-0.2, -0.15) is 0 Å². The molecular weight excluding hydrogens is 270 g/mol. The summed E-state index contributed by atoms with van der Waals surface area (Å²) in [5.74, 6) is 0.697. The number of rotatable bonds is 5. The van der Waals surface area contributed by atoms with Crippen LogP contribution in [-0.2, 0) is 6.42 Å². The van der Waals surface area contributed by atoms with Crippen molar-refractivity contribution in [2.75, 3.05) is 6.54 Å². The molecule has 1 atom stereocenters. The van der Waals surface area contributed by atoms with Gasteiger partial charge in [-0.25, -0.2) is 0 Å². The molecule has 0 aliphatic heterocycles. The van der Waals surface area contributed by atoms with Gasteiger partial charge in [-0.15, -0.1) is 0 Å². The standard InChI is InChI=1S/C20H23NO/c22-20(18-9-2-1-3-10-18)21-15-7-13-17-12-6-11-16-8-4-5-14-19(16)17/h1-5,8-10,14,17H,6-7,11-13,15H2,(H,21,22)/t17-/m1/s1. The summed E-state index contributed by atoms with van der Waals surface area (Å²) in [6.07, 6.45) is 5.99. The molecule has 3 rings (SSSR count). The highest BCUT2D eigenvalue weighted by Gasteiger charge is 2.19. The van der Waals surface area contributed by atoms with E-state index in [0.29, 0.717) is 5.92 Å². The highest BCUT2D eigenvalue weighted by Crippen LogP contribution is 2.34. The minimum atomic E-state index is 0.0321. The van der Waals surface area contributed by atoms with Crippen LogP contribution >= 0.6 is 0 Å². The lowest BCUT2D eigenvalue weighted by atomic mass is 9.80. The van der Waals surface area contributed by atoms with E-state index in [2.05, 4.69) is 29.6 Å². The van der Waals surface area contributed by atoms with E-state index in [1.807, 2.05) is 30.3 Å². The molecule has 0 unspecified atom stereocenters. The highest BCUT2D eigenvalue weighted by molar-refractivity contribution is 5.94. The number of fused-ring (bicyclic) bond motifs is 1. The van der Waals surface area contributed by atoms with Gasteiger partial charge >= 0.3 is 0 Å². The molecule has 2 aromatic carbocycles. The van der Waals surface area contributed by atoms with Crippen molar-refractivity contribution in [1.29, 1.82) is 0 Å². The predicted octanol–water partition coefficient (Wildman–Crippen LogP) is 4.32. The highest BCUT2D eigenvalue weighted by atomic mass is 16.1. The van der Waals surface area contributed by atoms with Gasteiger partial charge < -0.3 is 5.32 Å². The Bertz CT molecular complexity index is 621. The largest absolute Gasteiger partial charge is 0.352 e. The van der Waals surface area contributed by atoms with Crippen LogP contribution in [0.1, 0.15) is 53.1 Å². The van der Waals surface area contributed by atoms with Gasteiger partial charge in [0.25, 0.3) is 5.91 Å². The van der Waals surface area contributed by atoms with E-state index in [9.17, 15) is 4.79 Å². The van der Waals surface area contributed by atoms with Crippen LogP contribution in [0.25, 0.3) is 0 Å². The van der Waals surface area contributed by atoms with Crippen LogP contribution in [0.3, 0.4) is 0 Å². The van der Waals surface area contributed by atoms with Gasteiger partial charge in [0.05, 0.1) is 0 Å². The molecule has 22 heavy (non-hydrogen) atoms. The number of carbonyl (C=O) groups excluding carboxylic acids is 1. The predicted molar refractivity (Wildman–Crippen MR) is 90.1 cm³/mol. The molecule has 2 nitrogen and oxygen atoms in total. The number of hydrogen-bond donors (Lipinski definition) is 1. The molecule has 0 heterocycles. The molecule has 2 aromatic rings. The molecule has 0 saturated carbocycles. The van der Waals surface area contributed by atoms with Crippen molar-refractivity contribution in [2.45, 2.75) is 38.0 Å². The quantitative estimate of drug-likeness (QED) is 0.817. The van der Waals surface area contributed by atoms with E-state index in [1.165, 1.54) is 30.4 Å². The first-order valence-corrected chi connectivity index (χ1v) is 8.25. The fourth-order valence-electron chi connectivity index (χ4n) is 3.40. The van der Waals surface area contributed by atoms with E-state index < -0.39 is 0 Å². The molecule has 1 N–H and O–H groups in total. The first-order chi connectivity index (χ1) is 10.8. The van der Waals surface area contributed by atoms with Crippen LogP contribution in [0, 0.1) is 0 Å². The van der Waals surface area contributed by atoms with Gasteiger partial charge in [0.2, 0.25) is 0 Å². The molecule has 0 fully saturated rings. The molecular formula is C20H23NO. The summed E-state index contributed by atoms with van der Waals surface area (Å²) in [7, 11) is 0. The van der Waals surface area contributed by atoms with E-state index in [-0.39, 0.29) is 5.91 Å². The van der Waals surface area contributed by atoms with Gasteiger partial charge in [0.15, 0.2) is 0 Å². The van der Waals surface area contributed by atoms with Gasteiger partial charge in [0, 0.05) is 12.1 Å². The van der Waals surface area contributed by atoms with Gasteiger partial charge in [0.1, 0.15) is 0 Å². The van der Waals surface area contributed by atoms with Crippen molar-refractivity contribution >= 4 is 5.91 Å². The number of amides is 1. The topological polar surface area (TPSA) is 29.1 Å². The van der Waals surface area contributed by atoms with Crippen molar-refractivity contribution in [1.82, 2.24) is 5.32 Å². The van der Waals surface area contributed by atoms with Crippen LogP contribution < -0.4 is 5.32 Å². The second-order valence-electron chi connectivity index (χ2n) is 6.05. The van der Waals surface area contributed by atoms with Crippen LogP contribution in [0.4, 0.5) is 0 Å². The second kappa shape index (κ2) is 7.26.